The number of hydrogen-bond donors (Lipinski definition) is 1. The number of amides is 1. The number of carbonyl (C=O) groups is 1. The second kappa shape index (κ2) is 8.08. The molecule has 0 spiro atoms. The van der Waals surface area contributed by atoms with E-state index in [9.17, 15) is 4.79 Å². The molecule has 1 aromatic heterocycles. The molecule has 0 aliphatic carbocycles. The van der Waals surface area contributed by atoms with Gasteiger partial charge in [0.2, 0.25) is 5.91 Å². The molecule has 27 heavy (non-hydrogen) atoms. The van der Waals surface area contributed by atoms with Crippen LogP contribution in [0.15, 0.2) is 65.2 Å². The lowest BCUT2D eigenvalue weighted by Crippen LogP contribution is -2.14. The Morgan fingerprint density at radius 3 is 2.41 bits per heavy atom. The molecule has 2 aromatic carbocycles. The maximum Gasteiger partial charge on any atom is 0.232 e. The summed E-state index contributed by atoms with van der Waals surface area (Å²) in [6, 6.07) is 19.1. The zero-order chi connectivity index (χ0) is 19.3. The van der Waals surface area contributed by atoms with Gasteiger partial charge in [-0.25, -0.2) is 0 Å². The number of nitrogens with one attached hydrogen (secondary N) is 1. The minimum absolute atomic E-state index is 0.103. The molecule has 3 rings (SSSR count). The molecular formula is C22H24N2O3. The summed E-state index contributed by atoms with van der Waals surface area (Å²) in [4.78, 5) is 12.2. The second-order valence-electron chi connectivity index (χ2n) is 7.45. The third kappa shape index (κ3) is 5.45. The molecule has 0 unspecified atom stereocenters. The Bertz CT molecular complexity index is 878. The molecule has 140 valence electrons. The van der Waals surface area contributed by atoms with E-state index < -0.39 is 0 Å². The van der Waals surface area contributed by atoms with Crippen molar-refractivity contribution in [3.63, 3.8) is 0 Å². The van der Waals surface area contributed by atoms with Crippen LogP contribution in [-0.2, 0) is 23.2 Å². The van der Waals surface area contributed by atoms with Gasteiger partial charge in [0, 0.05) is 17.2 Å². The fourth-order valence-electron chi connectivity index (χ4n) is 2.49. The summed E-state index contributed by atoms with van der Waals surface area (Å²) in [6.07, 6.45) is 0.148. The maximum absolute atomic E-state index is 12.2. The molecule has 3 aromatic rings. The van der Waals surface area contributed by atoms with E-state index in [-0.39, 0.29) is 17.7 Å². The average Bonchev–Trinajstić information content (AvgIpc) is 3.11. The Labute approximate surface area is 159 Å². The number of ether oxygens (including phenoxy) is 1. The molecule has 1 heterocycles. The van der Waals surface area contributed by atoms with Gasteiger partial charge in [-0.1, -0.05) is 56.3 Å². The number of nitrogens with zero attached hydrogens (tertiary/aromatic N) is 1. The predicted octanol–water partition coefficient (Wildman–Crippen LogP) is 4.73. The van der Waals surface area contributed by atoms with Gasteiger partial charge in [-0.3, -0.25) is 4.79 Å². The molecule has 0 aliphatic rings. The van der Waals surface area contributed by atoms with E-state index in [1.807, 2.05) is 60.7 Å². The first-order valence-corrected chi connectivity index (χ1v) is 8.93. The molecule has 0 aliphatic heterocycles. The predicted molar refractivity (Wildman–Crippen MR) is 105 cm³/mol. The summed E-state index contributed by atoms with van der Waals surface area (Å²) >= 11 is 0. The number of hydrogen-bond acceptors (Lipinski definition) is 4. The molecule has 0 radical (unpaired) electrons. The van der Waals surface area contributed by atoms with E-state index in [0.29, 0.717) is 18.1 Å². The lowest BCUT2D eigenvalue weighted by Gasteiger charge is -2.12. The van der Waals surface area contributed by atoms with E-state index in [1.54, 1.807) is 0 Å². The van der Waals surface area contributed by atoms with Crippen molar-refractivity contribution in [2.24, 2.45) is 0 Å². The molecule has 0 saturated carbocycles. The summed E-state index contributed by atoms with van der Waals surface area (Å²) in [5, 5.41) is 6.89. The maximum atomic E-state index is 12.2. The monoisotopic (exact) mass is 364 g/mol. The first-order valence-electron chi connectivity index (χ1n) is 8.93. The number of benzene rings is 2. The van der Waals surface area contributed by atoms with Crippen LogP contribution in [-0.4, -0.2) is 11.1 Å². The largest absolute Gasteiger partial charge is 0.489 e. The highest BCUT2D eigenvalue weighted by molar-refractivity contribution is 5.91. The third-order valence-electron chi connectivity index (χ3n) is 4.05. The number of anilines is 1. The van der Waals surface area contributed by atoms with E-state index in [0.717, 1.165) is 17.0 Å². The quantitative estimate of drug-likeness (QED) is 0.687. The van der Waals surface area contributed by atoms with E-state index in [4.69, 9.17) is 9.26 Å². The fraction of sp³-hybridized carbons (Fsp3) is 0.273. The highest BCUT2D eigenvalue weighted by Gasteiger charge is 2.19. The molecule has 1 N–H and O–H groups in total. The number of aromatic nitrogens is 1. The second-order valence-corrected chi connectivity index (χ2v) is 7.45. The van der Waals surface area contributed by atoms with Crippen LogP contribution in [0.2, 0.25) is 0 Å². The first kappa shape index (κ1) is 18.7. The van der Waals surface area contributed by atoms with Crippen LogP contribution in [0.5, 0.6) is 5.75 Å². The molecule has 0 atom stereocenters. The van der Waals surface area contributed by atoms with Gasteiger partial charge in [-0.15, -0.1) is 0 Å². The van der Waals surface area contributed by atoms with Gasteiger partial charge in [0.05, 0.1) is 12.1 Å². The van der Waals surface area contributed by atoms with E-state index in [2.05, 4.69) is 31.2 Å². The normalized spacial score (nSPS) is 11.2. The number of carbonyl (C=O) groups excluding carboxylic acids is 1. The molecule has 0 bridgehead atoms. The fourth-order valence-corrected chi connectivity index (χ4v) is 2.49. The van der Waals surface area contributed by atoms with E-state index >= 15 is 0 Å². The van der Waals surface area contributed by atoms with Crippen molar-refractivity contribution in [2.75, 3.05) is 5.32 Å². The van der Waals surface area contributed by atoms with Crippen LogP contribution in [0.1, 0.15) is 37.8 Å². The van der Waals surface area contributed by atoms with Crippen molar-refractivity contribution >= 4 is 11.6 Å². The lowest BCUT2D eigenvalue weighted by molar-refractivity contribution is -0.115. The summed E-state index contributed by atoms with van der Waals surface area (Å²) in [5.41, 5.74) is 2.55. The SMILES string of the molecule is CC(C)(C)c1cc(CC(=O)Nc2ccc(OCc3ccccc3)cc2)on1. The van der Waals surface area contributed by atoms with Crippen molar-refractivity contribution in [2.45, 2.75) is 39.2 Å². The Morgan fingerprint density at radius 1 is 1.07 bits per heavy atom. The van der Waals surface area contributed by atoms with Crippen LogP contribution < -0.4 is 10.1 Å². The minimum atomic E-state index is -0.149. The van der Waals surface area contributed by atoms with Gasteiger partial charge in [-0.05, 0) is 29.8 Å². The summed E-state index contributed by atoms with van der Waals surface area (Å²) in [5.74, 6) is 1.16. The first-order chi connectivity index (χ1) is 12.9. The van der Waals surface area contributed by atoms with Crippen LogP contribution >= 0.6 is 0 Å². The van der Waals surface area contributed by atoms with Gasteiger partial charge in [0.15, 0.2) is 0 Å². The van der Waals surface area contributed by atoms with Crippen molar-refractivity contribution in [3.8, 4) is 5.75 Å². The smallest absolute Gasteiger partial charge is 0.232 e. The van der Waals surface area contributed by atoms with Crippen molar-refractivity contribution < 1.29 is 14.1 Å². The summed E-state index contributed by atoms with van der Waals surface area (Å²) in [7, 11) is 0. The molecular weight excluding hydrogens is 340 g/mol. The highest BCUT2D eigenvalue weighted by Crippen LogP contribution is 2.22. The Kier molecular flexibility index (Phi) is 5.60. The van der Waals surface area contributed by atoms with Gasteiger partial charge in [0.25, 0.3) is 0 Å². The number of rotatable bonds is 6. The van der Waals surface area contributed by atoms with Crippen LogP contribution in [0.25, 0.3) is 0 Å². The van der Waals surface area contributed by atoms with E-state index in [1.165, 1.54) is 0 Å². The third-order valence-corrected chi connectivity index (χ3v) is 4.05. The van der Waals surface area contributed by atoms with Crippen molar-refractivity contribution in [1.82, 2.24) is 5.16 Å². The zero-order valence-corrected chi connectivity index (χ0v) is 15.9. The molecule has 5 heteroatoms. The average molecular weight is 364 g/mol. The van der Waals surface area contributed by atoms with Crippen LogP contribution in [0.4, 0.5) is 5.69 Å². The summed E-state index contributed by atoms with van der Waals surface area (Å²) < 4.78 is 11.0. The Hall–Kier alpha value is -3.08. The van der Waals surface area contributed by atoms with Gasteiger partial charge in [-0.2, -0.15) is 0 Å². The molecule has 1 amide bonds. The van der Waals surface area contributed by atoms with Gasteiger partial charge < -0.3 is 14.6 Å². The van der Waals surface area contributed by atoms with Crippen molar-refractivity contribution in [3.05, 3.63) is 77.7 Å². The Morgan fingerprint density at radius 2 is 1.78 bits per heavy atom. The minimum Gasteiger partial charge on any atom is -0.489 e. The Balaban J connectivity index is 1.51. The standard InChI is InChI=1S/C22H24N2O3/c1-22(2,3)20-13-19(27-24-20)14-21(25)23-17-9-11-18(12-10-17)26-15-16-7-5-4-6-8-16/h4-13H,14-15H2,1-3H3,(H,23,25). The summed E-state index contributed by atoms with van der Waals surface area (Å²) in [6.45, 7) is 6.66. The lowest BCUT2D eigenvalue weighted by atomic mass is 9.92. The van der Waals surface area contributed by atoms with Crippen LogP contribution in [0, 0.1) is 0 Å². The van der Waals surface area contributed by atoms with Gasteiger partial charge >= 0.3 is 0 Å². The highest BCUT2D eigenvalue weighted by atomic mass is 16.5. The van der Waals surface area contributed by atoms with Crippen LogP contribution in [0.3, 0.4) is 0 Å². The zero-order valence-electron chi connectivity index (χ0n) is 15.9. The topological polar surface area (TPSA) is 64.4 Å². The molecule has 0 saturated heterocycles. The van der Waals surface area contributed by atoms with Crippen molar-refractivity contribution in [1.29, 1.82) is 0 Å². The molecule has 0 fully saturated rings. The molecule has 5 nitrogen and oxygen atoms in total. The van der Waals surface area contributed by atoms with Gasteiger partial charge in [0.1, 0.15) is 18.1 Å².